The standard InChI is InChI=1S/C13H28N2O/c1-13(2,3)14-8-10-15-9-6-4-5-7-12(15)11-16/h12,14,16H,4-11H2,1-3H3. The number of hydrogen-bond acceptors (Lipinski definition) is 3. The molecule has 3 nitrogen and oxygen atoms in total. The third kappa shape index (κ3) is 5.28. The zero-order chi connectivity index (χ0) is 12.0. The Balaban J connectivity index is 2.31. The molecule has 1 heterocycles. The van der Waals surface area contributed by atoms with Crippen LogP contribution in [0.25, 0.3) is 0 Å². The molecule has 1 unspecified atom stereocenters. The van der Waals surface area contributed by atoms with E-state index in [2.05, 4.69) is 31.0 Å². The summed E-state index contributed by atoms with van der Waals surface area (Å²) in [7, 11) is 0. The van der Waals surface area contributed by atoms with E-state index in [0.717, 1.165) is 26.1 Å². The summed E-state index contributed by atoms with van der Waals surface area (Å²) in [5.41, 5.74) is 0.195. The van der Waals surface area contributed by atoms with Crippen LogP contribution in [-0.2, 0) is 0 Å². The minimum absolute atomic E-state index is 0.195. The van der Waals surface area contributed by atoms with Crippen molar-refractivity contribution in [1.82, 2.24) is 10.2 Å². The molecule has 0 aliphatic carbocycles. The molecule has 3 heteroatoms. The van der Waals surface area contributed by atoms with Crippen LogP contribution in [-0.4, -0.2) is 47.8 Å². The van der Waals surface area contributed by atoms with Gasteiger partial charge in [-0.1, -0.05) is 12.8 Å². The van der Waals surface area contributed by atoms with Gasteiger partial charge in [-0.2, -0.15) is 0 Å². The first-order chi connectivity index (χ1) is 7.53. The van der Waals surface area contributed by atoms with E-state index in [-0.39, 0.29) is 5.54 Å². The molecule has 1 aliphatic heterocycles. The fourth-order valence-electron chi connectivity index (χ4n) is 2.31. The Hall–Kier alpha value is -0.120. The minimum Gasteiger partial charge on any atom is -0.395 e. The monoisotopic (exact) mass is 228 g/mol. The number of hydrogen-bond donors (Lipinski definition) is 2. The molecule has 0 radical (unpaired) electrons. The van der Waals surface area contributed by atoms with Gasteiger partial charge in [0.1, 0.15) is 0 Å². The Labute approximate surface area is 100 Å². The maximum Gasteiger partial charge on any atom is 0.0586 e. The van der Waals surface area contributed by atoms with Gasteiger partial charge in [-0.15, -0.1) is 0 Å². The van der Waals surface area contributed by atoms with Gasteiger partial charge in [-0.05, 0) is 40.2 Å². The molecule has 0 aromatic rings. The van der Waals surface area contributed by atoms with Crippen LogP contribution in [0.15, 0.2) is 0 Å². The van der Waals surface area contributed by atoms with Crippen molar-refractivity contribution in [3.63, 3.8) is 0 Å². The molecule has 1 aliphatic rings. The van der Waals surface area contributed by atoms with Crippen molar-refractivity contribution in [1.29, 1.82) is 0 Å². The van der Waals surface area contributed by atoms with E-state index in [9.17, 15) is 5.11 Å². The fourth-order valence-corrected chi connectivity index (χ4v) is 2.31. The molecule has 0 amide bonds. The number of aliphatic hydroxyl groups excluding tert-OH is 1. The SMILES string of the molecule is CC(C)(C)NCCN1CCCCCC1CO. The average molecular weight is 228 g/mol. The first-order valence-corrected chi connectivity index (χ1v) is 6.63. The molecule has 1 saturated heterocycles. The zero-order valence-electron chi connectivity index (χ0n) is 11.1. The summed E-state index contributed by atoms with van der Waals surface area (Å²) in [6.45, 7) is 10.1. The maximum atomic E-state index is 9.38. The number of rotatable bonds is 4. The topological polar surface area (TPSA) is 35.5 Å². The highest BCUT2D eigenvalue weighted by atomic mass is 16.3. The van der Waals surface area contributed by atoms with E-state index in [1.165, 1.54) is 19.3 Å². The summed E-state index contributed by atoms with van der Waals surface area (Å²) in [6, 6.07) is 0.393. The molecule has 1 fully saturated rings. The number of nitrogens with one attached hydrogen (secondary N) is 1. The van der Waals surface area contributed by atoms with Gasteiger partial charge in [0.15, 0.2) is 0 Å². The molecular weight excluding hydrogens is 200 g/mol. The summed E-state index contributed by atoms with van der Waals surface area (Å²) in [5.74, 6) is 0. The van der Waals surface area contributed by atoms with Crippen molar-refractivity contribution in [2.45, 2.75) is 58.0 Å². The van der Waals surface area contributed by atoms with E-state index in [1.54, 1.807) is 0 Å². The largest absolute Gasteiger partial charge is 0.395 e. The molecule has 0 aromatic heterocycles. The second-order valence-corrected chi connectivity index (χ2v) is 5.90. The third-order valence-electron chi connectivity index (χ3n) is 3.26. The predicted octanol–water partition coefficient (Wildman–Crippen LogP) is 1.61. The van der Waals surface area contributed by atoms with E-state index in [4.69, 9.17) is 0 Å². The highest BCUT2D eigenvalue weighted by Gasteiger charge is 2.20. The summed E-state index contributed by atoms with van der Waals surface area (Å²) < 4.78 is 0. The van der Waals surface area contributed by atoms with Gasteiger partial charge in [0.05, 0.1) is 6.61 Å². The van der Waals surface area contributed by atoms with E-state index in [0.29, 0.717) is 12.6 Å². The van der Waals surface area contributed by atoms with E-state index >= 15 is 0 Å². The molecular formula is C13H28N2O. The van der Waals surface area contributed by atoms with Crippen molar-refractivity contribution in [2.75, 3.05) is 26.2 Å². The van der Waals surface area contributed by atoms with Gasteiger partial charge in [-0.3, -0.25) is 4.90 Å². The van der Waals surface area contributed by atoms with Crippen molar-refractivity contribution in [3.05, 3.63) is 0 Å². The van der Waals surface area contributed by atoms with E-state index < -0.39 is 0 Å². The molecule has 16 heavy (non-hydrogen) atoms. The summed E-state index contributed by atoms with van der Waals surface area (Å²) in [5, 5.41) is 12.9. The van der Waals surface area contributed by atoms with Crippen LogP contribution >= 0.6 is 0 Å². The van der Waals surface area contributed by atoms with Crippen LogP contribution in [0.4, 0.5) is 0 Å². The first-order valence-electron chi connectivity index (χ1n) is 6.63. The van der Waals surface area contributed by atoms with Crippen LogP contribution in [0.1, 0.15) is 46.5 Å². The lowest BCUT2D eigenvalue weighted by Gasteiger charge is -2.30. The molecule has 0 bridgehead atoms. The lowest BCUT2D eigenvalue weighted by molar-refractivity contribution is 0.123. The highest BCUT2D eigenvalue weighted by molar-refractivity contribution is 4.77. The van der Waals surface area contributed by atoms with Crippen LogP contribution < -0.4 is 5.32 Å². The number of nitrogens with zero attached hydrogens (tertiary/aromatic N) is 1. The Morgan fingerprint density at radius 2 is 2.00 bits per heavy atom. The summed E-state index contributed by atoms with van der Waals surface area (Å²) >= 11 is 0. The molecule has 0 saturated carbocycles. The summed E-state index contributed by atoms with van der Waals surface area (Å²) in [6.07, 6.45) is 5.03. The van der Waals surface area contributed by atoms with Crippen molar-refractivity contribution >= 4 is 0 Å². The van der Waals surface area contributed by atoms with Crippen LogP contribution in [0, 0.1) is 0 Å². The highest BCUT2D eigenvalue weighted by Crippen LogP contribution is 2.15. The van der Waals surface area contributed by atoms with Gasteiger partial charge in [-0.25, -0.2) is 0 Å². The molecule has 2 N–H and O–H groups in total. The number of likely N-dealkylation sites (tertiary alicyclic amines) is 1. The zero-order valence-corrected chi connectivity index (χ0v) is 11.1. The van der Waals surface area contributed by atoms with Crippen LogP contribution in [0.2, 0.25) is 0 Å². The van der Waals surface area contributed by atoms with Gasteiger partial charge < -0.3 is 10.4 Å². The van der Waals surface area contributed by atoms with Gasteiger partial charge in [0.25, 0.3) is 0 Å². The minimum atomic E-state index is 0.195. The van der Waals surface area contributed by atoms with E-state index in [1.807, 2.05) is 0 Å². The predicted molar refractivity (Wildman–Crippen MR) is 68.7 cm³/mol. The maximum absolute atomic E-state index is 9.38. The van der Waals surface area contributed by atoms with Gasteiger partial charge in [0.2, 0.25) is 0 Å². The van der Waals surface area contributed by atoms with Crippen LogP contribution in [0.3, 0.4) is 0 Å². The van der Waals surface area contributed by atoms with Gasteiger partial charge in [0, 0.05) is 24.7 Å². The Morgan fingerprint density at radius 3 is 2.62 bits per heavy atom. The smallest absolute Gasteiger partial charge is 0.0586 e. The Bertz CT molecular complexity index is 189. The summed E-state index contributed by atoms with van der Waals surface area (Å²) in [4.78, 5) is 2.45. The fraction of sp³-hybridized carbons (Fsp3) is 1.00. The normalized spacial score (nSPS) is 24.4. The van der Waals surface area contributed by atoms with Crippen molar-refractivity contribution in [2.24, 2.45) is 0 Å². The molecule has 1 rings (SSSR count). The Morgan fingerprint density at radius 1 is 1.25 bits per heavy atom. The molecule has 1 atom stereocenters. The van der Waals surface area contributed by atoms with Crippen molar-refractivity contribution < 1.29 is 5.11 Å². The average Bonchev–Trinajstić information content (AvgIpc) is 2.41. The van der Waals surface area contributed by atoms with Crippen molar-refractivity contribution in [3.8, 4) is 0 Å². The lowest BCUT2D eigenvalue weighted by Crippen LogP contribution is -2.45. The number of aliphatic hydroxyl groups is 1. The second-order valence-electron chi connectivity index (χ2n) is 5.90. The second kappa shape index (κ2) is 6.58. The third-order valence-corrected chi connectivity index (χ3v) is 3.26. The van der Waals surface area contributed by atoms with Crippen LogP contribution in [0.5, 0.6) is 0 Å². The van der Waals surface area contributed by atoms with Gasteiger partial charge >= 0.3 is 0 Å². The lowest BCUT2D eigenvalue weighted by atomic mass is 10.1. The molecule has 0 aromatic carbocycles. The first kappa shape index (κ1) is 13.9. The molecule has 0 spiro atoms. The quantitative estimate of drug-likeness (QED) is 0.767. The molecule has 96 valence electrons. The Kier molecular flexibility index (Phi) is 5.73.